The minimum atomic E-state index is -0.622. The molecule has 2 rings (SSSR count). The molecule has 7 heteroatoms. The van der Waals surface area contributed by atoms with Crippen LogP contribution in [0.2, 0.25) is 5.02 Å². The van der Waals surface area contributed by atoms with Gasteiger partial charge in [-0.3, -0.25) is 5.32 Å². The Morgan fingerprint density at radius 3 is 2.35 bits per heavy atom. The first kappa shape index (κ1) is 19.6. The predicted octanol–water partition coefficient (Wildman–Crippen LogP) is 4.63. The molecule has 138 valence electrons. The second-order valence-electron chi connectivity index (χ2n) is 6.62. The second-order valence-corrected chi connectivity index (χ2v) is 7.06. The van der Waals surface area contributed by atoms with Gasteiger partial charge in [-0.05, 0) is 57.2 Å². The van der Waals surface area contributed by atoms with Crippen LogP contribution in [-0.4, -0.2) is 17.7 Å². The molecule has 0 aliphatic carbocycles. The van der Waals surface area contributed by atoms with E-state index >= 15 is 0 Å². The van der Waals surface area contributed by atoms with Crippen molar-refractivity contribution in [1.29, 1.82) is 0 Å². The number of hydrogen-bond donors (Lipinski definition) is 2. The summed E-state index contributed by atoms with van der Waals surface area (Å²) < 4.78 is 10.4. The van der Waals surface area contributed by atoms with Crippen molar-refractivity contribution >= 4 is 35.0 Å². The first-order valence-electron chi connectivity index (χ1n) is 7.95. The van der Waals surface area contributed by atoms with E-state index in [4.69, 9.17) is 26.8 Å². The predicted molar refractivity (Wildman–Crippen MR) is 101 cm³/mol. The van der Waals surface area contributed by atoms with Gasteiger partial charge in [0.1, 0.15) is 12.2 Å². The van der Waals surface area contributed by atoms with Gasteiger partial charge in [-0.25, -0.2) is 9.59 Å². The molecule has 1 amide bonds. The van der Waals surface area contributed by atoms with E-state index in [1.54, 1.807) is 57.2 Å². The minimum absolute atomic E-state index is 0.0279. The van der Waals surface area contributed by atoms with E-state index in [0.717, 1.165) is 0 Å². The third-order valence-electron chi connectivity index (χ3n) is 3.23. The van der Waals surface area contributed by atoms with Crippen molar-refractivity contribution in [2.75, 3.05) is 11.1 Å². The number of nitrogens with two attached hydrogens (primary N) is 1. The molecule has 6 nitrogen and oxygen atoms in total. The number of ether oxygens (including phenoxy) is 2. The Balaban J connectivity index is 1.94. The average Bonchev–Trinajstić information content (AvgIpc) is 2.54. The van der Waals surface area contributed by atoms with Crippen molar-refractivity contribution in [2.45, 2.75) is 33.0 Å². The molecule has 0 aromatic heterocycles. The van der Waals surface area contributed by atoms with E-state index in [0.29, 0.717) is 27.5 Å². The summed E-state index contributed by atoms with van der Waals surface area (Å²) in [5, 5.41) is 3.15. The largest absolute Gasteiger partial charge is 0.456 e. The van der Waals surface area contributed by atoms with E-state index in [-0.39, 0.29) is 6.61 Å². The SMILES string of the molecule is CC(C)(C)OC(=O)c1ccc(COC(=O)Nc2ccc(Cl)cc2)c(N)c1. The molecular weight excluding hydrogens is 356 g/mol. The molecule has 0 radical (unpaired) electrons. The molecule has 3 N–H and O–H groups in total. The van der Waals surface area contributed by atoms with Gasteiger partial charge >= 0.3 is 12.1 Å². The normalized spacial score (nSPS) is 10.9. The van der Waals surface area contributed by atoms with Gasteiger partial charge in [-0.2, -0.15) is 0 Å². The summed E-state index contributed by atoms with van der Waals surface area (Å²) in [6, 6.07) is 11.4. The summed E-state index contributed by atoms with van der Waals surface area (Å²) in [5.41, 5.74) is 7.18. The molecule has 0 aliphatic heterocycles. The van der Waals surface area contributed by atoms with Crippen LogP contribution in [0.1, 0.15) is 36.7 Å². The maximum atomic E-state index is 12.0. The summed E-state index contributed by atoms with van der Waals surface area (Å²) >= 11 is 5.79. The Kier molecular flexibility index (Phi) is 6.10. The number of carbonyl (C=O) groups is 2. The lowest BCUT2D eigenvalue weighted by atomic mass is 10.1. The fraction of sp³-hybridized carbons (Fsp3) is 0.263. The van der Waals surface area contributed by atoms with Crippen molar-refractivity contribution < 1.29 is 19.1 Å². The lowest BCUT2D eigenvalue weighted by Gasteiger charge is -2.19. The van der Waals surface area contributed by atoms with Gasteiger partial charge in [0, 0.05) is 22.0 Å². The molecule has 0 saturated heterocycles. The molecule has 2 aromatic carbocycles. The Morgan fingerprint density at radius 1 is 1.12 bits per heavy atom. The van der Waals surface area contributed by atoms with Crippen molar-refractivity contribution in [2.24, 2.45) is 0 Å². The van der Waals surface area contributed by atoms with Crippen LogP contribution in [0.4, 0.5) is 16.2 Å². The highest BCUT2D eigenvalue weighted by Crippen LogP contribution is 2.19. The third kappa shape index (κ3) is 5.97. The van der Waals surface area contributed by atoms with Crippen LogP contribution in [0.3, 0.4) is 0 Å². The Morgan fingerprint density at radius 2 is 1.77 bits per heavy atom. The van der Waals surface area contributed by atoms with Crippen LogP contribution in [0.15, 0.2) is 42.5 Å². The molecule has 0 heterocycles. The summed E-state index contributed by atoms with van der Waals surface area (Å²) in [6.07, 6.45) is -0.622. The van der Waals surface area contributed by atoms with Gasteiger partial charge < -0.3 is 15.2 Å². The zero-order valence-corrected chi connectivity index (χ0v) is 15.6. The number of nitrogen functional groups attached to an aromatic ring is 1. The molecule has 0 unspecified atom stereocenters. The molecule has 0 bridgehead atoms. The summed E-state index contributed by atoms with van der Waals surface area (Å²) in [5.74, 6) is -0.461. The van der Waals surface area contributed by atoms with Crippen molar-refractivity contribution in [3.05, 3.63) is 58.6 Å². The Bertz CT molecular complexity index is 798. The van der Waals surface area contributed by atoms with Gasteiger partial charge in [0.15, 0.2) is 0 Å². The zero-order chi connectivity index (χ0) is 19.3. The van der Waals surface area contributed by atoms with Crippen LogP contribution >= 0.6 is 11.6 Å². The maximum Gasteiger partial charge on any atom is 0.411 e. The lowest BCUT2D eigenvalue weighted by Crippen LogP contribution is -2.24. The molecule has 2 aromatic rings. The lowest BCUT2D eigenvalue weighted by molar-refractivity contribution is 0.00694. The number of amides is 1. The maximum absolute atomic E-state index is 12.0. The van der Waals surface area contributed by atoms with Gasteiger partial charge in [-0.15, -0.1) is 0 Å². The topological polar surface area (TPSA) is 90.6 Å². The number of hydrogen-bond acceptors (Lipinski definition) is 5. The number of anilines is 2. The van der Waals surface area contributed by atoms with Crippen LogP contribution in [0, 0.1) is 0 Å². The summed E-state index contributed by atoms with van der Waals surface area (Å²) in [4.78, 5) is 23.9. The minimum Gasteiger partial charge on any atom is -0.456 e. The van der Waals surface area contributed by atoms with Crippen LogP contribution in [-0.2, 0) is 16.1 Å². The molecule has 0 saturated carbocycles. The first-order valence-corrected chi connectivity index (χ1v) is 8.33. The van der Waals surface area contributed by atoms with E-state index < -0.39 is 17.7 Å². The molecular formula is C19H21ClN2O4. The number of carbonyl (C=O) groups excluding carboxylic acids is 2. The Labute approximate surface area is 157 Å². The number of nitrogens with one attached hydrogen (secondary N) is 1. The number of rotatable bonds is 4. The standard InChI is InChI=1S/C19H21ClN2O4/c1-19(2,3)26-17(23)12-4-5-13(16(21)10-12)11-25-18(24)22-15-8-6-14(20)7-9-15/h4-10H,11,21H2,1-3H3,(H,22,24). The van der Waals surface area contributed by atoms with E-state index in [1.807, 2.05) is 0 Å². The van der Waals surface area contributed by atoms with E-state index in [1.165, 1.54) is 6.07 Å². The highest BCUT2D eigenvalue weighted by Gasteiger charge is 2.18. The van der Waals surface area contributed by atoms with Gasteiger partial charge in [0.25, 0.3) is 0 Å². The van der Waals surface area contributed by atoms with Crippen molar-refractivity contribution in [3.8, 4) is 0 Å². The molecule has 0 spiro atoms. The van der Waals surface area contributed by atoms with Gasteiger partial charge in [0.2, 0.25) is 0 Å². The van der Waals surface area contributed by atoms with Gasteiger partial charge in [0.05, 0.1) is 5.56 Å². The number of benzene rings is 2. The second kappa shape index (κ2) is 8.10. The van der Waals surface area contributed by atoms with Gasteiger partial charge in [-0.1, -0.05) is 17.7 Å². The van der Waals surface area contributed by atoms with Crippen LogP contribution < -0.4 is 11.1 Å². The van der Waals surface area contributed by atoms with Crippen molar-refractivity contribution in [3.63, 3.8) is 0 Å². The average molecular weight is 377 g/mol. The fourth-order valence-electron chi connectivity index (χ4n) is 2.02. The van der Waals surface area contributed by atoms with Crippen LogP contribution in [0.25, 0.3) is 0 Å². The van der Waals surface area contributed by atoms with E-state index in [2.05, 4.69) is 5.32 Å². The quantitative estimate of drug-likeness (QED) is 0.599. The number of esters is 1. The molecule has 0 aliphatic rings. The highest BCUT2D eigenvalue weighted by molar-refractivity contribution is 6.30. The number of halogens is 1. The third-order valence-corrected chi connectivity index (χ3v) is 3.48. The van der Waals surface area contributed by atoms with Crippen molar-refractivity contribution in [1.82, 2.24) is 0 Å². The van der Waals surface area contributed by atoms with E-state index in [9.17, 15) is 9.59 Å². The first-order chi connectivity index (χ1) is 12.1. The van der Waals surface area contributed by atoms with Crippen LogP contribution in [0.5, 0.6) is 0 Å². The smallest absolute Gasteiger partial charge is 0.411 e. The Hall–Kier alpha value is -2.73. The summed E-state index contributed by atoms with van der Waals surface area (Å²) in [7, 11) is 0. The molecule has 26 heavy (non-hydrogen) atoms. The zero-order valence-electron chi connectivity index (χ0n) is 14.8. The fourth-order valence-corrected chi connectivity index (χ4v) is 2.15. The highest BCUT2D eigenvalue weighted by atomic mass is 35.5. The molecule has 0 fully saturated rings. The molecule has 0 atom stereocenters. The monoisotopic (exact) mass is 376 g/mol. The summed E-state index contributed by atoms with van der Waals surface area (Å²) in [6.45, 7) is 5.33.